The van der Waals surface area contributed by atoms with Crippen LogP contribution in [0.1, 0.15) is 168 Å². The lowest BCUT2D eigenvalue weighted by molar-refractivity contribution is -0.161. The van der Waals surface area contributed by atoms with Crippen LogP contribution in [0.3, 0.4) is 0 Å². The molecule has 0 amide bonds. The maximum atomic E-state index is 12.1. The van der Waals surface area contributed by atoms with Crippen molar-refractivity contribution in [2.24, 2.45) is 0 Å². The van der Waals surface area contributed by atoms with E-state index in [1.54, 1.807) is 0 Å². The van der Waals surface area contributed by atoms with E-state index in [0.717, 1.165) is 57.8 Å². The van der Waals surface area contributed by atoms with Gasteiger partial charge in [-0.25, -0.2) is 0 Å². The third-order valence-corrected chi connectivity index (χ3v) is 7.83. The van der Waals surface area contributed by atoms with Crippen LogP contribution >= 0.6 is 0 Å². The van der Waals surface area contributed by atoms with Crippen LogP contribution in [-0.4, -0.2) is 36.4 Å². The zero-order chi connectivity index (χ0) is 33.6. The summed E-state index contributed by atoms with van der Waals surface area (Å²) >= 11 is 0. The Bertz CT molecular complexity index is 823. The molecule has 0 saturated carbocycles. The van der Waals surface area contributed by atoms with Crippen molar-refractivity contribution in [2.75, 3.05) is 13.2 Å². The Morgan fingerprint density at radius 2 is 0.935 bits per heavy atom. The number of aliphatic hydroxyl groups excluding tert-OH is 1. The van der Waals surface area contributed by atoms with Crippen molar-refractivity contribution < 1.29 is 24.2 Å². The molecule has 46 heavy (non-hydrogen) atoms. The van der Waals surface area contributed by atoms with Gasteiger partial charge in [-0.1, -0.05) is 164 Å². The van der Waals surface area contributed by atoms with Crippen LogP contribution in [0.2, 0.25) is 0 Å². The highest BCUT2D eigenvalue weighted by Crippen LogP contribution is 2.14. The van der Waals surface area contributed by atoms with E-state index in [2.05, 4.69) is 74.6 Å². The lowest BCUT2D eigenvalue weighted by atomic mass is 10.0. The second-order valence-electron chi connectivity index (χ2n) is 12.3. The van der Waals surface area contributed by atoms with Gasteiger partial charge in [-0.2, -0.15) is 0 Å². The van der Waals surface area contributed by atoms with Gasteiger partial charge in [-0.15, -0.1) is 0 Å². The lowest BCUT2D eigenvalue weighted by Crippen LogP contribution is -2.28. The van der Waals surface area contributed by atoms with E-state index in [9.17, 15) is 14.7 Å². The molecular weight excluding hydrogens is 572 g/mol. The fourth-order valence-corrected chi connectivity index (χ4v) is 5.00. The lowest BCUT2D eigenvalue weighted by Gasteiger charge is -2.15. The number of ether oxygens (including phenoxy) is 2. The third kappa shape index (κ3) is 34.5. The molecule has 0 spiro atoms. The minimum atomic E-state index is -0.800. The van der Waals surface area contributed by atoms with Gasteiger partial charge in [0.2, 0.25) is 0 Å². The molecule has 0 bridgehead atoms. The first-order valence-electron chi connectivity index (χ1n) is 18.8. The van der Waals surface area contributed by atoms with E-state index in [1.807, 2.05) is 0 Å². The molecule has 0 radical (unpaired) electrons. The van der Waals surface area contributed by atoms with Crippen LogP contribution in [0, 0.1) is 0 Å². The summed E-state index contributed by atoms with van der Waals surface area (Å²) in [5, 5.41) is 9.53. The van der Waals surface area contributed by atoms with Crippen molar-refractivity contribution >= 4 is 11.9 Å². The molecule has 1 unspecified atom stereocenters. The molecule has 264 valence electrons. The second-order valence-corrected chi connectivity index (χ2v) is 12.3. The van der Waals surface area contributed by atoms with Crippen LogP contribution in [0.4, 0.5) is 0 Å². The summed E-state index contributed by atoms with van der Waals surface area (Å²) in [5.41, 5.74) is 0. The quantitative estimate of drug-likeness (QED) is 0.0438. The smallest absolute Gasteiger partial charge is 0.306 e. The number of unbranched alkanes of at least 4 members (excludes halogenated alkanes) is 15. The van der Waals surface area contributed by atoms with Crippen LogP contribution in [0.15, 0.2) is 60.8 Å². The largest absolute Gasteiger partial charge is 0.462 e. The highest BCUT2D eigenvalue weighted by atomic mass is 16.6. The Morgan fingerprint density at radius 1 is 0.522 bits per heavy atom. The van der Waals surface area contributed by atoms with Crippen molar-refractivity contribution in [3.63, 3.8) is 0 Å². The minimum absolute atomic E-state index is 0.0887. The van der Waals surface area contributed by atoms with Gasteiger partial charge < -0.3 is 14.6 Å². The monoisotopic (exact) mass is 643 g/mol. The Labute approximate surface area is 283 Å². The maximum Gasteiger partial charge on any atom is 0.306 e. The average molecular weight is 643 g/mol. The number of allylic oxidation sites excluding steroid dienone is 10. The van der Waals surface area contributed by atoms with Gasteiger partial charge in [0.15, 0.2) is 6.10 Å². The number of hydrogen-bond acceptors (Lipinski definition) is 5. The number of hydrogen-bond donors (Lipinski definition) is 1. The summed E-state index contributed by atoms with van der Waals surface area (Å²) in [4.78, 5) is 24.2. The molecule has 0 fully saturated rings. The van der Waals surface area contributed by atoms with Gasteiger partial charge in [0.1, 0.15) is 6.61 Å². The van der Waals surface area contributed by atoms with Crippen LogP contribution in [-0.2, 0) is 19.1 Å². The predicted octanol–water partition coefficient (Wildman–Crippen LogP) is 11.6. The molecular formula is C41H70O5. The van der Waals surface area contributed by atoms with Crippen molar-refractivity contribution in [1.82, 2.24) is 0 Å². The molecule has 0 rings (SSSR count). The predicted molar refractivity (Wildman–Crippen MR) is 196 cm³/mol. The summed E-state index contributed by atoms with van der Waals surface area (Å²) in [5.74, 6) is -0.660. The number of esters is 2. The van der Waals surface area contributed by atoms with E-state index >= 15 is 0 Å². The molecule has 5 heteroatoms. The SMILES string of the molecule is CCC=CCC=CCC=CCC=CCC=CCCCC(=O)OC(CO)COC(=O)CCCCCCCCCCCCCCCCC. The van der Waals surface area contributed by atoms with Gasteiger partial charge in [0, 0.05) is 12.8 Å². The fourth-order valence-electron chi connectivity index (χ4n) is 5.00. The molecule has 0 aliphatic heterocycles. The van der Waals surface area contributed by atoms with Gasteiger partial charge in [-0.05, 0) is 51.4 Å². The Kier molecular flexibility index (Phi) is 35.1. The summed E-state index contributed by atoms with van der Waals surface area (Å²) in [7, 11) is 0. The molecule has 5 nitrogen and oxygen atoms in total. The van der Waals surface area contributed by atoms with E-state index in [-0.39, 0.29) is 31.6 Å². The fraction of sp³-hybridized carbons (Fsp3) is 0.707. The van der Waals surface area contributed by atoms with E-state index in [0.29, 0.717) is 12.8 Å². The Hall–Kier alpha value is -2.40. The Morgan fingerprint density at radius 3 is 1.39 bits per heavy atom. The molecule has 0 aromatic heterocycles. The van der Waals surface area contributed by atoms with E-state index in [4.69, 9.17) is 9.47 Å². The van der Waals surface area contributed by atoms with Crippen molar-refractivity contribution in [2.45, 2.75) is 174 Å². The highest BCUT2D eigenvalue weighted by molar-refractivity contribution is 5.70. The van der Waals surface area contributed by atoms with Crippen LogP contribution in [0.25, 0.3) is 0 Å². The van der Waals surface area contributed by atoms with Gasteiger partial charge in [0.25, 0.3) is 0 Å². The molecule has 1 atom stereocenters. The van der Waals surface area contributed by atoms with E-state index < -0.39 is 6.10 Å². The van der Waals surface area contributed by atoms with Gasteiger partial charge in [-0.3, -0.25) is 9.59 Å². The van der Waals surface area contributed by atoms with Crippen molar-refractivity contribution in [3.8, 4) is 0 Å². The van der Waals surface area contributed by atoms with Crippen LogP contribution in [0.5, 0.6) is 0 Å². The molecule has 0 heterocycles. The summed E-state index contributed by atoms with van der Waals surface area (Å²) in [6.07, 6.45) is 47.1. The number of rotatable bonds is 33. The first-order valence-corrected chi connectivity index (χ1v) is 18.8. The number of aliphatic hydroxyl groups is 1. The molecule has 0 aliphatic rings. The normalized spacial score (nSPS) is 12.8. The maximum absolute atomic E-state index is 12.1. The van der Waals surface area contributed by atoms with E-state index in [1.165, 1.54) is 77.0 Å². The van der Waals surface area contributed by atoms with Gasteiger partial charge in [0.05, 0.1) is 6.61 Å². The zero-order valence-electron chi connectivity index (χ0n) is 29.8. The minimum Gasteiger partial charge on any atom is -0.462 e. The number of carbonyl (C=O) groups excluding carboxylic acids is 2. The first kappa shape index (κ1) is 43.6. The van der Waals surface area contributed by atoms with Gasteiger partial charge >= 0.3 is 11.9 Å². The highest BCUT2D eigenvalue weighted by Gasteiger charge is 2.15. The molecule has 1 N–H and O–H groups in total. The molecule has 0 saturated heterocycles. The topological polar surface area (TPSA) is 72.8 Å². The zero-order valence-corrected chi connectivity index (χ0v) is 29.8. The first-order chi connectivity index (χ1) is 22.6. The molecule has 0 aromatic carbocycles. The average Bonchev–Trinajstić information content (AvgIpc) is 3.06. The number of carbonyl (C=O) groups is 2. The van der Waals surface area contributed by atoms with Crippen molar-refractivity contribution in [1.29, 1.82) is 0 Å². The standard InChI is InChI=1S/C41H70O5/c1-3-5-7-9-11-13-15-17-19-20-22-24-26-28-30-32-34-36-41(44)46-39(37-42)38-45-40(43)35-33-31-29-27-25-23-21-18-16-14-12-10-8-6-4-2/h5,7,11,13,17,19,22,24,28,30,39,42H,3-4,6,8-10,12,14-16,18,20-21,23,25-27,29,31-38H2,1-2H3. The summed E-state index contributed by atoms with van der Waals surface area (Å²) < 4.78 is 10.5. The van der Waals surface area contributed by atoms with Crippen molar-refractivity contribution in [3.05, 3.63) is 60.8 Å². The summed E-state index contributed by atoms with van der Waals surface area (Å²) in [6.45, 7) is 3.97. The second kappa shape index (κ2) is 37.1. The third-order valence-electron chi connectivity index (χ3n) is 7.83. The Balaban J connectivity index is 3.67. The summed E-state index contributed by atoms with van der Waals surface area (Å²) in [6, 6.07) is 0. The molecule has 0 aliphatic carbocycles. The van der Waals surface area contributed by atoms with Crippen LogP contribution < -0.4 is 0 Å². The molecule has 0 aromatic rings.